The van der Waals surface area contributed by atoms with Gasteiger partial charge in [-0.15, -0.1) is 0 Å². The number of aliphatic hydroxyl groups is 1. The first kappa shape index (κ1) is 29.8. The first-order valence-corrected chi connectivity index (χ1v) is 14.7. The van der Waals surface area contributed by atoms with Gasteiger partial charge >= 0.3 is 13.7 Å². The maximum atomic E-state index is 16.2. The molecular formula is C27H32FN6O7P. The molecule has 6 unspecified atom stereocenters. The lowest BCUT2D eigenvalue weighted by atomic mass is 9.88. The number of esters is 1. The zero-order valence-corrected chi connectivity index (χ0v) is 24.0. The summed E-state index contributed by atoms with van der Waals surface area (Å²) < 4.78 is 54.1. The molecule has 2 aromatic carbocycles. The Morgan fingerprint density at radius 2 is 2.00 bits per heavy atom. The van der Waals surface area contributed by atoms with E-state index in [4.69, 9.17) is 30.0 Å². The lowest BCUT2D eigenvalue weighted by Gasteiger charge is -2.33. The monoisotopic (exact) mass is 602 g/mol. The summed E-state index contributed by atoms with van der Waals surface area (Å²) >= 11 is 0. The normalized spacial score (nSPS) is 26.2. The average molecular weight is 603 g/mol. The Hall–Kier alpha value is -3.65. The highest BCUT2D eigenvalue weighted by atomic mass is 31.2. The second-order valence-electron chi connectivity index (χ2n) is 10.0. The molecule has 15 heteroatoms. The van der Waals surface area contributed by atoms with E-state index in [1.807, 2.05) is 18.2 Å². The molecule has 4 aromatic rings. The number of fused-ring (bicyclic) bond motifs is 2. The van der Waals surface area contributed by atoms with Crippen LogP contribution in [0.15, 0.2) is 60.9 Å². The van der Waals surface area contributed by atoms with Crippen molar-refractivity contribution >= 4 is 35.8 Å². The van der Waals surface area contributed by atoms with Crippen molar-refractivity contribution in [3.8, 4) is 5.75 Å². The fourth-order valence-corrected chi connectivity index (χ4v) is 6.40. The number of halogens is 1. The number of aromatic nitrogens is 3. The minimum atomic E-state index is -4.40. The van der Waals surface area contributed by atoms with Gasteiger partial charge in [-0.2, -0.15) is 10.2 Å². The van der Waals surface area contributed by atoms with Crippen LogP contribution in [-0.4, -0.2) is 62.8 Å². The summed E-state index contributed by atoms with van der Waals surface area (Å²) in [6, 6.07) is 14.3. The number of rotatable bonds is 10. The van der Waals surface area contributed by atoms with Crippen LogP contribution in [0, 0.1) is 0 Å². The van der Waals surface area contributed by atoms with E-state index in [1.54, 1.807) is 37.3 Å². The molecule has 0 bridgehead atoms. The van der Waals surface area contributed by atoms with Gasteiger partial charge in [0.2, 0.25) is 0 Å². The van der Waals surface area contributed by atoms with Crippen molar-refractivity contribution in [2.75, 3.05) is 18.9 Å². The molecular weight excluding hydrogens is 570 g/mol. The zero-order valence-electron chi connectivity index (χ0n) is 23.1. The Morgan fingerprint density at radius 3 is 2.76 bits per heavy atom. The highest BCUT2D eigenvalue weighted by Crippen LogP contribution is 2.50. The van der Waals surface area contributed by atoms with Gasteiger partial charge in [-0.05, 0) is 44.4 Å². The SMILES string of the molecule is CCOC(=O)C(C)NP(=O)(OCC1OC(N)(c2ccc3c(N)ncnn23)C(C)(F)C1O)Oc1cccc2ccccc12. The molecule has 5 rings (SSSR count). The Kier molecular flexibility index (Phi) is 7.96. The van der Waals surface area contributed by atoms with Crippen molar-refractivity contribution in [3.05, 3.63) is 66.6 Å². The van der Waals surface area contributed by atoms with Crippen LogP contribution in [0.5, 0.6) is 5.75 Å². The van der Waals surface area contributed by atoms with Crippen LogP contribution in [-0.2, 0) is 29.1 Å². The van der Waals surface area contributed by atoms with Gasteiger partial charge in [0.25, 0.3) is 0 Å². The molecule has 224 valence electrons. The van der Waals surface area contributed by atoms with Crippen molar-refractivity contribution in [3.63, 3.8) is 0 Å². The maximum Gasteiger partial charge on any atom is 0.459 e. The van der Waals surface area contributed by atoms with E-state index in [9.17, 15) is 14.5 Å². The predicted octanol–water partition coefficient (Wildman–Crippen LogP) is 2.81. The molecule has 13 nitrogen and oxygen atoms in total. The standard InChI is InChI=1S/C27H32FN6O7P/c1-4-38-25(36)16(2)33-42(37,41-20-11-7-9-17-8-5-6-10-18(17)20)39-14-21-23(35)26(3,28)27(30,40-21)22-13-12-19-24(29)31-15-32-34(19)22/h5-13,15-16,21,23,35H,4,14,30H2,1-3H3,(H,33,37)(H2,29,31,32). The summed E-state index contributed by atoms with van der Waals surface area (Å²) in [5.41, 5.74) is 8.00. The van der Waals surface area contributed by atoms with Gasteiger partial charge in [0.15, 0.2) is 17.2 Å². The van der Waals surface area contributed by atoms with Gasteiger partial charge in [0, 0.05) is 5.39 Å². The Balaban J connectivity index is 1.43. The minimum Gasteiger partial charge on any atom is -0.465 e. The number of hydrogen-bond donors (Lipinski definition) is 4. The molecule has 0 amide bonds. The molecule has 6 N–H and O–H groups in total. The number of benzene rings is 2. The van der Waals surface area contributed by atoms with Gasteiger partial charge in [0.05, 0.1) is 18.9 Å². The van der Waals surface area contributed by atoms with E-state index in [0.717, 1.165) is 12.3 Å². The molecule has 2 aromatic heterocycles. The van der Waals surface area contributed by atoms with Crippen LogP contribution in [0.2, 0.25) is 0 Å². The highest BCUT2D eigenvalue weighted by Gasteiger charge is 2.64. The smallest absolute Gasteiger partial charge is 0.459 e. The number of nitrogens with zero attached hydrogens (tertiary/aromatic N) is 3. The highest BCUT2D eigenvalue weighted by molar-refractivity contribution is 7.52. The molecule has 1 aliphatic rings. The van der Waals surface area contributed by atoms with Crippen LogP contribution < -0.4 is 21.1 Å². The number of anilines is 1. The topological polar surface area (TPSA) is 186 Å². The summed E-state index contributed by atoms with van der Waals surface area (Å²) in [5.74, 6) is -0.362. The third-order valence-electron chi connectivity index (χ3n) is 7.20. The summed E-state index contributed by atoms with van der Waals surface area (Å²) in [7, 11) is -4.40. The van der Waals surface area contributed by atoms with Crippen LogP contribution in [0.25, 0.3) is 16.3 Å². The number of alkyl halides is 1. The first-order valence-electron chi connectivity index (χ1n) is 13.2. The lowest BCUT2D eigenvalue weighted by Crippen LogP contribution is -2.55. The number of carbonyl (C=O) groups is 1. The lowest BCUT2D eigenvalue weighted by molar-refractivity contribution is -0.144. The summed E-state index contributed by atoms with van der Waals surface area (Å²) in [6.07, 6.45) is -2.08. The van der Waals surface area contributed by atoms with E-state index in [2.05, 4.69) is 15.2 Å². The van der Waals surface area contributed by atoms with Crippen LogP contribution in [0.4, 0.5) is 10.2 Å². The quantitative estimate of drug-likeness (QED) is 0.154. The number of nitrogen functional groups attached to an aromatic ring is 1. The van der Waals surface area contributed by atoms with E-state index in [0.29, 0.717) is 10.9 Å². The fourth-order valence-electron chi connectivity index (χ4n) is 4.88. The number of nitrogens with two attached hydrogens (primary N) is 2. The van der Waals surface area contributed by atoms with Gasteiger partial charge in [0.1, 0.15) is 35.8 Å². The van der Waals surface area contributed by atoms with Gasteiger partial charge in [-0.3, -0.25) is 15.1 Å². The number of hydrogen-bond acceptors (Lipinski definition) is 11. The summed E-state index contributed by atoms with van der Waals surface area (Å²) in [4.78, 5) is 16.3. The fraction of sp³-hybridized carbons (Fsp3) is 0.370. The Bertz CT molecular complexity index is 1660. The zero-order chi connectivity index (χ0) is 30.3. The molecule has 3 heterocycles. The van der Waals surface area contributed by atoms with Crippen molar-refractivity contribution in [2.45, 2.75) is 50.4 Å². The molecule has 42 heavy (non-hydrogen) atoms. The molecule has 1 aliphatic heterocycles. The Labute approximate surface area is 240 Å². The molecule has 6 atom stereocenters. The maximum absolute atomic E-state index is 16.2. The van der Waals surface area contributed by atoms with E-state index >= 15 is 4.39 Å². The average Bonchev–Trinajstić information content (AvgIpc) is 3.47. The number of nitrogens with one attached hydrogen (secondary N) is 1. The van der Waals surface area contributed by atoms with E-state index in [-0.39, 0.29) is 23.9 Å². The van der Waals surface area contributed by atoms with Gasteiger partial charge in [-0.25, -0.2) is 18.5 Å². The molecule has 0 aliphatic carbocycles. The van der Waals surface area contributed by atoms with Crippen LogP contribution >= 0.6 is 7.75 Å². The van der Waals surface area contributed by atoms with Crippen molar-refractivity contribution in [1.82, 2.24) is 19.7 Å². The van der Waals surface area contributed by atoms with Gasteiger partial charge < -0.3 is 24.8 Å². The molecule has 0 spiro atoms. The predicted molar refractivity (Wildman–Crippen MR) is 151 cm³/mol. The molecule has 0 saturated carbocycles. The molecule has 0 radical (unpaired) electrons. The second kappa shape index (κ2) is 11.2. The first-order chi connectivity index (χ1) is 19.9. The Morgan fingerprint density at radius 1 is 1.26 bits per heavy atom. The van der Waals surface area contributed by atoms with Crippen molar-refractivity contribution in [1.29, 1.82) is 0 Å². The van der Waals surface area contributed by atoms with Crippen LogP contribution in [0.3, 0.4) is 0 Å². The van der Waals surface area contributed by atoms with E-state index in [1.165, 1.54) is 23.8 Å². The van der Waals surface area contributed by atoms with Gasteiger partial charge in [-0.1, -0.05) is 36.4 Å². The molecule has 1 fully saturated rings. The van der Waals surface area contributed by atoms with Crippen molar-refractivity contribution in [2.24, 2.45) is 5.73 Å². The number of ether oxygens (including phenoxy) is 2. The largest absolute Gasteiger partial charge is 0.465 e. The number of carbonyl (C=O) groups excluding carboxylic acids is 1. The minimum absolute atomic E-state index is 0.0578. The van der Waals surface area contributed by atoms with Crippen molar-refractivity contribution < 1.29 is 37.4 Å². The summed E-state index contributed by atoms with van der Waals surface area (Å²) in [6.45, 7) is 3.60. The third-order valence-corrected chi connectivity index (χ3v) is 8.83. The summed E-state index contributed by atoms with van der Waals surface area (Å²) in [5, 5.41) is 19.1. The second-order valence-corrected chi connectivity index (χ2v) is 11.7. The molecule has 1 saturated heterocycles. The van der Waals surface area contributed by atoms with Crippen LogP contribution in [0.1, 0.15) is 26.5 Å². The number of aliphatic hydroxyl groups excluding tert-OH is 1. The third kappa shape index (κ3) is 5.21. The van der Waals surface area contributed by atoms with E-state index < -0.39 is 50.0 Å².